The van der Waals surface area contributed by atoms with E-state index in [9.17, 15) is 28.3 Å². The molecule has 612 valence electrons. The fourth-order valence-corrected chi connectivity index (χ4v) is 16.5. The van der Waals surface area contributed by atoms with Crippen LogP contribution >= 0.6 is 0 Å². The zero-order valence-corrected chi connectivity index (χ0v) is 67.5. The van der Waals surface area contributed by atoms with Gasteiger partial charge in [-0.05, 0) is 139 Å². The molecule has 10 aromatic heterocycles. The number of aryl methyl sites for hydroxylation is 1. The third-order valence-corrected chi connectivity index (χ3v) is 22.0. The van der Waals surface area contributed by atoms with E-state index in [1.807, 2.05) is 123 Å². The number of nitrogens with zero attached hydrogens (tertiary/aromatic N) is 16. The van der Waals surface area contributed by atoms with Gasteiger partial charge in [-0.2, -0.15) is 0 Å². The highest BCUT2D eigenvalue weighted by molar-refractivity contribution is 6.08. The highest BCUT2D eigenvalue weighted by Gasteiger charge is 2.36. The minimum absolute atomic E-state index is 0.0203. The minimum Gasteiger partial charge on any atom is -0.387 e. The Hall–Kier alpha value is -12.1. The molecule has 3 amide bonds. The van der Waals surface area contributed by atoms with Gasteiger partial charge in [-0.15, -0.1) is 0 Å². The Morgan fingerprint density at radius 1 is 0.534 bits per heavy atom. The molecule has 16 heterocycles. The molecule has 30 nitrogen and oxygen atoms in total. The smallest absolute Gasteiger partial charge is 0.254 e. The maximum Gasteiger partial charge on any atom is 0.254 e. The molecule has 6 aliphatic rings. The Bertz CT molecular complexity index is 5780. The van der Waals surface area contributed by atoms with Crippen molar-refractivity contribution in [2.24, 2.45) is 7.05 Å². The van der Waals surface area contributed by atoms with Crippen molar-refractivity contribution in [3.8, 4) is 33.8 Å². The SMILES string of the molecule is CN(C)Cc1nc(Nc2ccc(-c3cnc4cc(F)ccn34)c3c2C(=O)NC3)ccc1N1CCOCC1.COCC1(O)CCN(c2ccc(Nc3ccc(-c4cnc5cc(F)ccn45)c4c3C(=O)NC4)nc2CN(C)C)CC1.COC[C@H]1CN(c2ccc(Nc3cnc(-c4ccnc5c4ccn5C)c4c3C(=O)NC4)nc2CN(C)C)CCO1. The van der Waals surface area contributed by atoms with E-state index >= 15 is 0 Å². The number of imidazole rings is 2. The fourth-order valence-electron chi connectivity index (χ4n) is 16.5. The van der Waals surface area contributed by atoms with Crippen LogP contribution in [0.3, 0.4) is 0 Å². The van der Waals surface area contributed by atoms with Crippen LogP contribution in [0.25, 0.3) is 56.1 Å². The molecule has 12 aromatic rings. The second kappa shape index (κ2) is 34.2. The third kappa shape index (κ3) is 16.7. The summed E-state index contributed by atoms with van der Waals surface area (Å²) in [5.41, 5.74) is 18.5. The number of morpholine rings is 2. The molecule has 7 N–H and O–H groups in total. The first-order chi connectivity index (χ1) is 57.1. The van der Waals surface area contributed by atoms with Crippen LogP contribution in [0.2, 0.25) is 0 Å². The summed E-state index contributed by atoms with van der Waals surface area (Å²) in [5.74, 6) is 0.856. The van der Waals surface area contributed by atoms with Crippen molar-refractivity contribution < 1.29 is 47.2 Å². The Morgan fingerprint density at radius 3 is 1.53 bits per heavy atom. The summed E-state index contributed by atoms with van der Waals surface area (Å²) < 4.78 is 54.9. The quantitative estimate of drug-likeness (QED) is 0.0332. The zero-order chi connectivity index (χ0) is 82.0. The molecule has 3 fully saturated rings. The molecule has 0 spiro atoms. The molecule has 6 aliphatic heterocycles. The first-order valence-corrected chi connectivity index (χ1v) is 39.4. The number of fused-ring (bicyclic) bond motifs is 6. The van der Waals surface area contributed by atoms with Crippen molar-refractivity contribution in [2.75, 3.05) is 159 Å². The highest BCUT2D eigenvalue weighted by atomic mass is 19.1. The van der Waals surface area contributed by atoms with Gasteiger partial charge in [0.2, 0.25) is 0 Å². The van der Waals surface area contributed by atoms with Crippen molar-refractivity contribution in [2.45, 2.75) is 63.8 Å². The van der Waals surface area contributed by atoms with Gasteiger partial charge in [0.25, 0.3) is 17.7 Å². The second-order valence-corrected chi connectivity index (χ2v) is 31.1. The number of carbonyl (C=O) groups excluding carboxylic acids is 3. The predicted octanol–water partition coefficient (Wildman–Crippen LogP) is 9.91. The van der Waals surface area contributed by atoms with Gasteiger partial charge < -0.3 is 89.9 Å². The number of anilines is 9. The molecule has 1 atom stereocenters. The Morgan fingerprint density at radius 2 is 1.02 bits per heavy atom. The van der Waals surface area contributed by atoms with Gasteiger partial charge in [-0.25, -0.2) is 38.7 Å². The number of aromatic nitrogens is 10. The number of halogens is 2. The van der Waals surface area contributed by atoms with Gasteiger partial charge >= 0.3 is 0 Å². The van der Waals surface area contributed by atoms with Crippen LogP contribution < -0.4 is 46.6 Å². The molecule has 0 saturated carbocycles. The van der Waals surface area contributed by atoms with E-state index in [1.165, 1.54) is 24.3 Å². The van der Waals surface area contributed by atoms with Crippen molar-refractivity contribution in [1.82, 2.24) is 78.9 Å². The van der Waals surface area contributed by atoms with Crippen molar-refractivity contribution in [3.05, 3.63) is 203 Å². The van der Waals surface area contributed by atoms with Crippen LogP contribution in [0.5, 0.6) is 0 Å². The molecule has 0 bridgehead atoms. The number of amides is 3. The van der Waals surface area contributed by atoms with Crippen LogP contribution in [0.4, 0.5) is 60.4 Å². The number of rotatable bonds is 22. The molecule has 118 heavy (non-hydrogen) atoms. The topological polar surface area (TPSA) is 304 Å². The van der Waals surface area contributed by atoms with E-state index < -0.39 is 5.60 Å². The van der Waals surface area contributed by atoms with Gasteiger partial charge in [0.05, 0.1) is 148 Å². The number of piperidine rings is 1. The van der Waals surface area contributed by atoms with E-state index in [4.69, 9.17) is 38.9 Å². The Kier molecular flexibility index (Phi) is 23.1. The lowest BCUT2D eigenvalue weighted by Gasteiger charge is -2.39. The van der Waals surface area contributed by atoms with Crippen LogP contribution in [0, 0.1) is 11.6 Å². The molecule has 32 heteroatoms. The summed E-state index contributed by atoms with van der Waals surface area (Å²) in [6.07, 6.45) is 13.5. The Labute approximate surface area is 681 Å². The van der Waals surface area contributed by atoms with E-state index in [1.54, 1.807) is 51.4 Å². The highest BCUT2D eigenvalue weighted by Crippen LogP contribution is 2.41. The summed E-state index contributed by atoms with van der Waals surface area (Å²) in [6.45, 7) is 10.8. The number of benzene rings is 2. The Balaban J connectivity index is 0.000000132. The van der Waals surface area contributed by atoms with Gasteiger partial charge in [0.1, 0.15) is 46.0 Å². The zero-order valence-electron chi connectivity index (χ0n) is 67.5. The van der Waals surface area contributed by atoms with Gasteiger partial charge in [-0.3, -0.25) is 28.2 Å². The predicted molar refractivity (Wildman–Crippen MR) is 448 cm³/mol. The molecular weight excluding hydrogens is 1510 g/mol. The summed E-state index contributed by atoms with van der Waals surface area (Å²) in [4.78, 5) is 85.0. The lowest BCUT2D eigenvalue weighted by molar-refractivity contribution is -0.0472. The molecular formula is C86H96F2N22O8. The summed E-state index contributed by atoms with van der Waals surface area (Å²) in [6, 6.07) is 29.3. The summed E-state index contributed by atoms with van der Waals surface area (Å²) >= 11 is 0. The maximum absolute atomic E-state index is 13.7. The first-order valence-electron chi connectivity index (χ1n) is 39.4. The second-order valence-electron chi connectivity index (χ2n) is 31.1. The molecule has 3 saturated heterocycles. The maximum atomic E-state index is 13.7. The monoisotopic (exact) mass is 1600 g/mol. The number of nitrogens with one attached hydrogen (secondary N) is 6. The van der Waals surface area contributed by atoms with E-state index in [0.29, 0.717) is 161 Å². The molecule has 0 unspecified atom stereocenters. The number of hydrogen-bond donors (Lipinski definition) is 7. The normalized spacial score (nSPS) is 16.2. The van der Waals surface area contributed by atoms with Crippen molar-refractivity contribution >= 4 is 91.6 Å². The molecule has 0 radical (unpaired) electrons. The van der Waals surface area contributed by atoms with E-state index in [-0.39, 0.29) is 35.5 Å². The number of ether oxygens (including phenoxy) is 4. The molecule has 18 rings (SSSR count). The fraction of sp³-hybridized carbons (Fsp3) is 0.349. The lowest BCUT2D eigenvalue weighted by atomic mass is 9.92. The minimum atomic E-state index is -0.797. The molecule has 2 aromatic carbocycles. The lowest BCUT2D eigenvalue weighted by Crippen LogP contribution is -2.47. The van der Waals surface area contributed by atoms with E-state index in [2.05, 4.69) is 94.5 Å². The van der Waals surface area contributed by atoms with Crippen molar-refractivity contribution in [3.63, 3.8) is 0 Å². The number of methoxy groups -OCH3 is 2. The number of pyridine rings is 7. The number of carbonyl (C=O) groups is 3. The largest absolute Gasteiger partial charge is 0.387 e. The van der Waals surface area contributed by atoms with Crippen LogP contribution in [0.15, 0.2) is 140 Å². The van der Waals surface area contributed by atoms with Crippen LogP contribution in [0.1, 0.15) is 77.7 Å². The van der Waals surface area contributed by atoms with E-state index in [0.717, 1.165) is 122 Å². The average Bonchev–Trinajstić information content (AvgIpc) is 1.62. The van der Waals surface area contributed by atoms with Gasteiger partial charge in [0, 0.05) is 164 Å². The number of aliphatic hydroxyl groups is 1. The summed E-state index contributed by atoms with van der Waals surface area (Å²) in [7, 11) is 17.4. The standard InChI is InChI=1S/C30H34FN7O3.C29H34N8O3.C27H28FN7O2/c1-36(2)17-23-24(37-12-9-30(40,10-13-37)18-41-3)6-7-26(35-23)34-22-5-4-20(21-15-33-29(39)28(21)22)25-16-32-27-14-19(31)8-11-38(25)27;1-35(2)16-23-24(37-11-12-40-18(15-37)17-39-4)5-6-25(34-23)33-22-14-31-27(21-13-32-29(38)26(21)22)19-7-9-30-28-20(19)8-10-36(28)3;1-33(2)16-21-22(34-9-11-37-12-10-34)5-6-24(32-21)31-20-4-3-18(19-14-30-27(36)26(19)20)23-15-29-25-13-17(28)7-8-35(23)25/h4-8,11,14,16,40H,9-10,12-13,15,17-18H2,1-3H3,(H,33,39)(H,34,35);5-10,14,18H,11-13,15-17H2,1-4H3,(H,32,38)(H,33,34);3-8,13,15H,9-12,14,16H2,1-2H3,(H,30,36)(H,31,32)/t;18-;/m.1./s1. The first kappa shape index (κ1) is 79.7. The third-order valence-electron chi connectivity index (χ3n) is 22.0. The van der Waals surface area contributed by atoms with Crippen molar-refractivity contribution in [1.29, 1.82) is 0 Å². The molecule has 0 aliphatic carbocycles. The number of hydrogen-bond acceptors (Lipinski definition) is 24. The van der Waals surface area contributed by atoms with Crippen LogP contribution in [-0.4, -0.2) is 226 Å². The van der Waals surface area contributed by atoms with Crippen LogP contribution in [-0.2, 0) is 65.3 Å². The average molecular weight is 1600 g/mol. The summed E-state index contributed by atoms with van der Waals surface area (Å²) in [5, 5.41) is 30.8. The van der Waals surface area contributed by atoms with Gasteiger partial charge in [0.15, 0.2) is 0 Å². The van der Waals surface area contributed by atoms with Gasteiger partial charge in [-0.1, -0.05) is 12.1 Å².